The van der Waals surface area contributed by atoms with Crippen molar-refractivity contribution in [3.8, 4) is 0 Å². The third-order valence-electron chi connectivity index (χ3n) is 6.58. The molecule has 4 aromatic rings. The Hall–Kier alpha value is -3.78. The number of aryl methyl sites for hydroxylation is 2. The molecule has 0 saturated heterocycles. The van der Waals surface area contributed by atoms with E-state index in [0.717, 1.165) is 52.9 Å². The van der Waals surface area contributed by atoms with Crippen molar-refractivity contribution in [2.75, 3.05) is 20.1 Å². The molecule has 1 atom stereocenters. The third-order valence-corrected chi connectivity index (χ3v) is 6.58. The number of fused-ring (bicyclic) bond motifs is 3. The summed E-state index contributed by atoms with van der Waals surface area (Å²) in [6.07, 6.45) is 5.76. The summed E-state index contributed by atoms with van der Waals surface area (Å²) in [6.45, 7) is 8.70. The van der Waals surface area contributed by atoms with E-state index in [1.54, 1.807) is 30.0 Å². The van der Waals surface area contributed by atoms with E-state index >= 15 is 0 Å². The second-order valence-corrected chi connectivity index (χ2v) is 9.12. The zero-order valence-corrected chi connectivity index (χ0v) is 19.8. The first-order chi connectivity index (χ1) is 16.4. The molecule has 0 saturated carbocycles. The average molecular weight is 457 g/mol. The van der Waals surface area contributed by atoms with Crippen molar-refractivity contribution in [1.29, 1.82) is 0 Å². The Bertz CT molecular complexity index is 1500. The number of hydrogen-bond acceptors (Lipinski definition) is 5. The Kier molecular flexibility index (Phi) is 5.53. The van der Waals surface area contributed by atoms with Crippen LogP contribution in [0.1, 0.15) is 39.7 Å². The summed E-state index contributed by atoms with van der Waals surface area (Å²) < 4.78 is 1.75. The van der Waals surface area contributed by atoms with Crippen LogP contribution in [0.15, 0.2) is 47.5 Å². The van der Waals surface area contributed by atoms with Crippen molar-refractivity contribution in [1.82, 2.24) is 29.8 Å². The van der Waals surface area contributed by atoms with E-state index in [-0.39, 0.29) is 11.5 Å². The lowest BCUT2D eigenvalue weighted by Crippen LogP contribution is -2.33. The number of rotatable bonds is 4. The van der Waals surface area contributed by atoms with E-state index in [9.17, 15) is 9.59 Å². The van der Waals surface area contributed by atoms with Gasteiger partial charge in [0, 0.05) is 38.4 Å². The molecule has 1 aliphatic heterocycles. The van der Waals surface area contributed by atoms with Crippen molar-refractivity contribution >= 4 is 28.0 Å². The van der Waals surface area contributed by atoms with E-state index in [1.165, 1.54) is 5.57 Å². The maximum absolute atomic E-state index is 12.6. The van der Waals surface area contributed by atoms with Gasteiger partial charge in [0.25, 0.3) is 11.5 Å². The van der Waals surface area contributed by atoms with Gasteiger partial charge in [-0.15, -0.1) is 0 Å². The summed E-state index contributed by atoms with van der Waals surface area (Å²) in [6, 6.07) is 7.98. The van der Waals surface area contributed by atoms with Crippen LogP contribution in [0.4, 0.5) is 0 Å². The van der Waals surface area contributed by atoms with Crippen LogP contribution in [0.3, 0.4) is 0 Å². The number of nitrogens with zero attached hydrogens (tertiary/aromatic N) is 4. The number of nitrogens with one attached hydrogen (secondary N) is 2. The summed E-state index contributed by atoms with van der Waals surface area (Å²) in [5.41, 5.74) is 8.06. The minimum atomic E-state index is -0.182. The first-order valence-electron chi connectivity index (χ1n) is 11.5. The number of aromatic amines is 1. The normalized spacial score (nSPS) is 16.7. The Balaban J connectivity index is 1.39. The van der Waals surface area contributed by atoms with Crippen molar-refractivity contribution in [3.63, 3.8) is 0 Å². The number of carbonyl (C=O) groups is 1. The largest absolute Gasteiger partial charge is 0.354 e. The van der Waals surface area contributed by atoms with Crippen molar-refractivity contribution < 1.29 is 4.79 Å². The Morgan fingerprint density at radius 1 is 1.18 bits per heavy atom. The van der Waals surface area contributed by atoms with Crippen molar-refractivity contribution in [2.24, 2.45) is 5.92 Å². The van der Waals surface area contributed by atoms with Gasteiger partial charge in [-0.3, -0.25) is 19.5 Å². The summed E-state index contributed by atoms with van der Waals surface area (Å²) in [7, 11) is 1.60. The topological polar surface area (TPSA) is 95.4 Å². The number of amides is 1. The summed E-state index contributed by atoms with van der Waals surface area (Å²) in [5, 5.41) is 7.03. The van der Waals surface area contributed by atoms with Crippen LogP contribution >= 0.6 is 0 Å². The molecule has 4 heterocycles. The fourth-order valence-electron chi connectivity index (χ4n) is 4.98. The maximum atomic E-state index is 12.6. The van der Waals surface area contributed by atoms with E-state index in [1.807, 2.05) is 13.0 Å². The molecule has 8 nitrogen and oxygen atoms in total. The molecule has 5 rings (SSSR count). The van der Waals surface area contributed by atoms with E-state index in [4.69, 9.17) is 0 Å². The number of benzene rings is 1. The third kappa shape index (κ3) is 3.80. The van der Waals surface area contributed by atoms with E-state index in [2.05, 4.69) is 57.3 Å². The summed E-state index contributed by atoms with van der Waals surface area (Å²) >= 11 is 0. The van der Waals surface area contributed by atoms with Gasteiger partial charge < -0.3 is 10.3 Å². The molecule has 1 aromatic carbocycles. The van der Waals surface area contributed by atoms with Gasteiger partial charge in [0.15, 0.2) is 0 Å². The molecule has 0 aliphatic carbocycles. The van der Waals surface area contributed by atoms with E-state index in [0.29, 0.717) is 17.1 Å². The van der Waals surface area contributed by atoms with Gasteiger partial charge in [-0.25, -0.2) is 4.52 Å². The molecule has 174 valence electrons. The molecule has 1 aliphatic rings. The lowest BCUT2D eigenvalue weighted by molar-refractivity contribution is 0.0958. The first-order valence-corrected chi connectivity index (χ1v) is 11.5. The number of aromatic nitrogens is 4. The Labute approximate surface area is 197 Å². The quantitative estimate of drug-likeness (QED) is 0.492. The Morgan fingerprint density at radius 2 is 2.00 bits per heavy atom. The van der Waals surface area contributed by atoms with Crippen LogP contribution < -0.4 is 10.9 Å². The van der Waals surface area contributed by atoms with Gasteiger partial charge >= 0.3 is 0 Å². The smallest absolute Gasteiger partial charge is 0.274 e. The highest BCUT2D eigenvalue weighted by molar-refractivity contribution is 5.92. The molecule has 3 aromatic heterocycles. The number of hydrogen-bond donors (Lipinski definition) is 2. The molecule has 1 amide bonds. The predicted octanol–water partition coefficient (Wildman–Crippen LogP) is 3.08. The molecular formula is C26H28N6O2. The highest BCUT2D eigenvalue weighted by atomic mass is 16.1. The second-order valence-electron chi connectivity index (χ2n) is 9.12. The van der Waals surface area contributed by atoms with Crippen LogP contribution in [0.2, 0.25) is 0 Å². The predicted molar refractivity (Wildman–Crippen MR) is 133 cm³/mol. The highest BCUT2D eigenvalue weighted by Crippen LogP contribution is 2.29. The lowest BCUT2D eigenvalue weighted by Gasteiger charge is -2.31. The van der Waals surface area contributed by atoms with Crippen molar-refractivity contribution in [3.05, 3.63) is 81.0 Å². The molecule has 0 spiro atoms. The molecule has 0 bridgehead atoms. The van der Waals surface area contributed by atoms with Gasteiger partial charge in [-0.1, -0.05) is 25.1 Å². The minimum absolute atomic E-state index is 0.116. The van der Waals surface area contributed by atoms with Gasteiger partial charge in [0.1, 0.15) is 11.2 Å². The van der Waals surface area contributed by atoms with Crippen LogP contribution in [0, 0.1) is 19.8 Å². The highest BCUT2D eigenvalue weighted by Gasteiger charge is 2.21. The van der Waals surface area contributed by atoms with Gasteiger partial charge in [0.2, 0.25) is 0 Å². The zero-order chi connectivity index (χ0) is 24.0. The standard InChI is InChI=1S/C26H28N6O2/c1-15-9-18(10-22-23(15)32-24(26(34)30-22)16(2)11-29-32)14-31-8-7-20(17(3)13-31)19-5-6-21(28-12-19)25(33)27-4/h5-7,9-12,17H,8,13-14H2,1-4H3,(H,27,33)(H,30,34). The lowest BCUT2D eigenvalue weighted by atomic mass is 9.91. The van der Waals surface area contributed by atoms with Crippen LogP contribution in [-0.4, -0.2) is 50.5 Å². The van der Waals surface area contributed by atoms with Gasteiger partial charge in [-0.05, 0) is 54.2 Å². The minimum Gasteiger partial charge on any atom is -0.354 e. The molecule has 2 N–H and O–H groups in total. The summed E-state index contributed by atoms with van der Waals surface area (Å²) in [5.74, 6) is 0.147. The van der Waals surface area contributed by atoms with Gasteiger partial charge in [0.05, 0.1) is 17.2 Å². The molecule has 0 radical (unpaired) electrons. The van der Waals surface area contributed by atoms with E-state index < -0.39 is 0 Å². The molecule has 34 heavy (non-hydrogen) atoms. The molecule has 1 unspecified atom stereocenters. The van der Waals surface area contributed by atoms with Crippen LogP contribution in [0.5, 0.6) is 0 Å². The second kappa shape index (κ2) is 8.53. The van der Waals surface area contributed by atoms with Crippen LogP contribution in [-0.2, 0) is 6.54 Å². The fraction of sp³-hybridized carbons (Fsp3) is 0.308. The maximum Gasteiger partial charge on any atom is 0.274 e. The molecule has 8 heteroatoms. The molecule has 0 fully saturated rings. The van der Waals surface area contributed by atoms with Gasteiger partial charge in [-0.2, -0.15) is 5.10 Å². The zero-order valence-electron chi connectivity index (χ0n) is 19.8. The average Bonchev–Trinajstić information content (AvgIpc) is 3.20. The molecular weight excluding hydrogens is 428 g/mol. The summed E-state index contributed by atoms with van der Waals surface area (Å²) in [4.78, 5) is 34.1. The SMILES string of the molecule is CNC(=O)c1ccc(C2=CCN(Cc3cc(C)c4c(c3)[nH]c(=O)c3c(C)cnn34)CC2C)cn1. The fourth-order valence-corrected chi connectivity index (χ4v) is 4.98. The number of carbonyl (C=O) groups excluding carboxylic acids is 1. The van der Waals surface area contributed by atoms with Crippen molar-refractivity contribution in [2.45, 2.75) is 27.3 Å². The van der Waals surface area contributed by atoms with Crippen LogP contribution in [0.25, 0.3) is 22.1 Å². The first kappa shape index (κ1) is 22.0. The number of pyridine rings is 1. The monoisotopic (exact) mass is 456 g/mol. The number of H-pyrrole nitrogens is 1. The Morgan fingerprint density at radius 3 is 2.71 bits per heavy atom.